The van der Waals surface area contributed by atoms with Gasteiger partial charge in [0.05, 0.1) is 16.8 Å². The number of ether oxygens (including phenoxy) is 1. The van der Waals surface area contributed by atoms with E-state index < -0.39 is 5.41 Å². The summed E-state index contributed by atoms with van der Waals surface area (Å²) in [4.78, 5) is 17.2. The van der Waals surface area contributed by atoms with Crippen molar-refractivity contribution in [2.75, 3.05) is 11.9 Å². The van der Waals surface area contributed by atoms with Gasteiger partial charge in [-0.2, -0.15) is 0 Å². The number of anilines is 1. The van der Waals surface area contributed by atoms with E-state index in [4.69, 9.17) is 28.6 Å². The summed E-state index contributed by atoms with van der Waals surface area (Å²) in [5, 5.41) is 7.27. The Bertz CT molecular complexity index is 1110. The molecule has 0 aliphatic rings. The van der Waals surface area contributed by atoms with Crippen LogP contribution in [0, 0.1) is 19.3 Å². The maximum absolute atomic E-state index is 12.7. The van der Waals surface area contributed by atoms with E-state index in [-0.39, 0.29) is 11.0 Å². The van der Waals surface area contributed by atoms with Crippen LogP contribution in [0.4, 0.5) is 5.13 Å². The van der Waals surface area contributed by atoms with Crippen LogP contribution in [0.15, 0.2) is 36.4 Å². The molecule has 0 atom stereocenters. The molecule has 1 aromatic heterocycles. The Labute approximate surface area is 197 Å². The topological polar surface area (TPSA) is 63.2 Å². The minimum atomic E-state index is -0.585. The van der Waals surface area contributed by atoms with Gasteiger partial charge < -0.3 is 15.4 Å². The van der Waals surface area contributed by atoms with Crippen LogP contribution < -0.4 is 15.4 Å². The molecule has 0 aliphatic heterocycles. The van der Waals surface area contributed by atoms with Crippen LogP contribution in [0.1, 0.15) is 37.8 Å². The predicted molar refractivity (Wildman–Crippen MR) is 133 cm³/mol. The van der Waals surface area contributed by atoms with E-state index in [1.54, 1.807) is 6.07 Å². The quantitative estimate of drug-likeness (QED) is 0.311. The lowest BCUT2D eigenvalue weighted by Gasteiger charge is -2.23. The van der Waals surface area contributed by atoms with E-state index in [9.17, 15) is 4.79 Å². The maximum Gasteiger partial charge on any atom is 0.231 e. The molecule has 0 saturated carbocycles. The summed E-state index contributed by atoms with van der Waals surface area (Å²) in [6, 6.07) is 11.6. The van der Waals surface area contributed by atoms with Crippen LogP contribution in [0.3, 0.4) is 0 Å². The number of hydrogen-bond acceptors (Lipinski definition) is 5. The number of rotatable bonds is 7. The number of fused-ring (bicyclic) bond motifs is 1. The van der Waals surface area contributed by atoms with Crippen molar-refractivity contribution in [3.63, 3.8) is 0 Å². The minimum Gasteiger partial charge on any atom is -0.493 e. The van der Waals surface area contributed by atoms with Gasteiger partial charge in [-0.25, -0.2) is 4.98 Å². The molecule has 0 saturated heterocycles. The number of benzene rings is 2. The molecule has 8 heteroatoms. The predicted octanol–water partition coefficient (Wildman–Crippen LogP) is 6.26. The first-order valence-corrected chi connectivity index (χ1v) is 11.6. The standard InChI is InChI=1S/C23H26ClN3O2S2/c1-14-6-7-15(2)18(12-14)29-11-5-10-23(3,4)20(28)26-21(30)27-22-25-17-9-8-16(24)13-19(17)31-22/h6-9,12-13H,5,10-11H2,1-4H3,(H2,25,26,27,28,30). The summed E-state index contributed by atoms with van der Waals surface area (Å²) in [6.45, 7) is 8.43. The van der Waals surface area contributed by atoms with Gasteiger partial charge in [-0.15, -0.1) is 0 Å². The van der Waals surface area contributed by atoms with E-state index in [0.29, 0.717) is 23.2 Å². The van der Waals surface area contributed by atoms with Gasteiger partial charge >= 0.3 is 0 Å². The summed E-state index contributed by atoms with van der Waals surface area (Å²) in [5.74, 6) is 0.755. The Morgan fingerprint density at radius 1 is 1.23 bits per heavy atom. The third-order valence-electron chi connectivity index (χ3n) is 4.96. The Hall–Kier alpha value is -2.22. The van der Waals surface area contributed by atoms with Gasteiger partial charge in [-0.1, -0.05) is 48.9 Å². The molecular weight excluding hydrogens is 450 g/mol. The molecule has 0 radical (unpaired) electrons. The Morgan fingerprint density at radius 2 is 2.00 bits per heavy atom. The highest BCUT2D eigenvalue weighted by molar-refractivity contribution is 7.80. The molecule has 5 nitrogen and oxygen atoms in total. The van der Waals surface area contributed by atoms with Crippen molar-refractivity contribution in [1.82, 2.24) is 10.3 Å². The number of aromatic nitrogens is 1. The number of nitrogens with zero attached hydrogens (tertiary/aromatic N) is 1. The first-order chi connectivity index (χ1) is 14.6. The molecule has 0 unspecified atom stereocenters. The number of carbonyl (C=O) groups is 1. The molecule has 0 fully saturated rings. The summed E-state index contributed by atoms with van der Waals surface area (Å²) in [6.07, 6.45) is 1.43. The van der Waals surface area contributed by atoms with Crippen molar-refractivity contribution in [1.29, 1.82) is 0 Å². The van der Waals surface area contributed by atoms with Gasteiger partial charge in [-0.05, 0) is 74.3 Å². The zero-order valence-electron chi connectivity index (χ0n) is 18.0. The molecule has 3 rings (SSSR count). The Kier molecular flexibility index (Phi) is 7.51. The van der Waals surface area contributed by atoms with E-state index in [1.807, 2.05) is 45.9 Å². The van der Waals surface area contributed by atoms with Crippen molar-refractivity contribution in [2.24, 2.45) is 5.41 Å². The van der Waals surface area contributed by atoms with Crippen LogP contribution in [0.25, 0.3) is 10.2 Å². The van der Waals surface area contributed by atoms with Crippen LogP contribution in [-0.4, -0.2) is 22.6 Å². The molecule has 0 spiro atoms. The highest BCUT2D eigenvalue weighted by atomic mass is 35.5. The zero-order valence-corrected chi connectivity index (χ0v) is 20.4. The number of carbonyl (C=O) groups excluding carboxylic acids is 1. The van der Waals surface area contributed by atoms with Crippen molar-refractivity contribution < 1.29 is 9.53 Å². The third kappa shape index (κ3) is 6.38. The number of hydrogen-bond donors (Lipinski definition) is 2. The first-order valence-electron chi connectivity index (χ1n) is 10.0. The summed E-state index contributed by atoms with van der Waals surface area (Å²) in [7, 11) is 0. The number of thiocarbonyl (C=S) groups is 1. The lowest BCUT2D eigenvalue weighted by molar-refractivity contribution is -0.128. The lowest BCUT2D eigenvalue weighted by Crippen LogP contribution is -2.42. The average molecular weight is 476 g/mol. The van der Waals surface area contributed by atoms with Gasteiger partial charge in [0.25, 0.3) is 0 Å². The number of thiazole rings is 1. The van der Waals surface area contributed by atoms with Gasteiger partial charge in [0.15, 0.2) is 10.2 Å². The molecule has 1 amide bonds. The van der Waals surface area contributed by atoms with Gasteiger partial charge in [0, 0.05) is 10.4 Å². The lowest BCUT2D eigenvalue weighted by atomic mass is 9.87. The van der Waals surface area contributed by atoms with Gasteiger partial charge in [0.1, 0.15) is 5.75 Å². The fourth-order valence-electron chi connectivity index (χ4n) is 3.03. The summed E-state index contributed by atoms with van der Waals surface area (Å²) >= 11 is 12.8. The number of aryl methyl sites for hydroxylation is 2. The normalized spacial score (nSPS) is 11.4. The average Bonchev–Trinajstić information content (AvgIpc) is 3.08. The molecule has 3 aromatic rings. The Balaban J connectivity index is 1.48. The number of halogens is 1. The van der Waals surface area contributed by atoms with Gasteiger partial charge in [-0.3, -0.25) is 4.79 Å². The Morgan fingerprint density at radius 3 is 2.77 bits per heavy atom. The highest BCUT2D eigenvalue weighted by Gasteiger charge is 2.28. The van der Waals surface area contributed by atoms with Crippen molar-refractivity contribution in [2.45, 2.75) is 40.5 Å². The molecule has 1 heterocycles. The molecule has 2 aromatic carbocycles. The monoisotopic (exact) mass is 475 g/mol. The molecule has 0 bridgehead atoms. The van der Waals surface area contributed by atoms with Gasteiger partial charge in [0.2, 0.25) is 5.91 Å². The molecule has 0 aliphatic carbocycles. The van der Waals surface area contributed by atoms with Crippen LogP contribution in [-0.2, 0) is 4.79 Å². The molecule has 2 N–H and O–H groups in total. The van der Waals surface area contributed by atoms with Crippen LogP contribution >= 0.6 is 35.2 Å². The highest BCUT2D eigenvalue weighted by Crippen LogP contribution is 2.28. The number of amides is 1. The second-order valence-corrected chi connectivity index (χ2v) is 10.0. The van der Waals surface area contributed by atoms with E-state index in [2.05, 4.69) is 27.8 Å². The van der Waals surface area contributed by atoms with Crippen LogP contribution in [0.2, 0.25) is 5.02 Å². The molecular formula is C23H26ClN3O2S2. The second-order valence-electron chi connectivity index (χ2n) is 8.14. The summed E-state index contributed by atoms with van der Waals surface area (Å²) in [5.41, 5.74) is 2.52. The fraction of sp³-hybridized carbons (Fsp3) is 0.348. The molecule has 164 valence electrons. The first kappa shape index (κ1) is 23.4. The number of nitrogens with one attached hydrogen (secondary N) is 2. The summed E-state index contributed by atoms with van der Waals surface area (Å²) < 4.78 is 6.86. The minimum absolute atomic E-state index is 0.138. The zero-order chi connectivity index (χ0) is 22.6. The smallest absolute Gasteiger partial charge is 0.231 e. The third-order valence-corrected chi connectivity index (χ3v) is 6.33. The SMILES string of the molecule is Cc1ccc(C)c(OCCCC(C)(C)C(=O)NC(=S)Nc2nc3ccc(Cl)cc3s2)c1. The second kappa shape index (κ2) is 9.94. The van der Waals surface area contributed by atoms with Crippen molar-refractivity contribution in [3.05, 3.63) is 52.5 Å². The maximum atomic E-state index is 12.7. The fourth-order valence-corrected chi connectivity index (χ4v) is 4.43. The van der Waals surface area contributed by atoms with E-state index in [0.717, 1.165) is 33.5 Å². The molecule has 31 heavy (non-hydrogen) atoms. The van der Waals surface area contributed by atoms with Crippen LogP contribution in [0.5, 0.6) is 5.75 Å². The van der Waals surface area contributed by atoms with E-state index >= 15 is 0 Å². The van der Waals surface area contributed by atoms with Crippen molar-refractivity contribution in [3.8, 4) is 5.75 Å². The van der Waals surface area contributed by atoms with E-state index in [1.165, 1.54) is 11.3 Å². The van der Waals surface area contributed by atoms with Crippen molar-refractivity contribution >= 4 is 61.5 Å². The largest absolute Gasteiger partial charge is 0.493 e.